The fourth-order valence-electron chi connectivity index (χ4n) is 13.8. The highest BCUT2D eigenvalue weighted by Gasteiger charge is 2.30. The quantitative estimate of drug-likeness (QED) is 0.0222. The maximum absolute atomic E-state index is 13.2. The van der Waals surface area contributed by atoms with Crippen molar-refractivity contribution in [2.24, 2.45) is 11.8 Å². The Morgan fingerprint density at radius 1 is 0.252 bits per heavy atom. The highest BCUT2D eigenvalue weighted by molar-refractivity contribution is 7.47. The molecule has 0 aliphatic carbocycles. The maximum atomic E-state index is 13.2. The molecule has 0 saturated heterocycles. The van der Waals surface area contributed by atoms with Gasteiger partial charge in [0.05, 0.1) is 26.4 Å². The number of unbranched alkanes of at least 4 members (excludes halogenated alkanes) is 57. The van der Waals surface area contributed by atoms with Crippen molar-refractivity contribution in [1.82, 2.24) is 0 Å². The zero-order chi connectivity index (χ0) is 78.5. The van der Waals surface area contributed by atoms with Gasteiger partial charge in [-0.25, -0.2) is 9.13 Å². The number of ether oxygens (including phenoxy) is 4. The molecule has 2 unspecified atom stereocenters. The lowest BCUT2D eigenvalue weighted by atomic mass is 10.0. The molecule has 0 spiro atoms. The Morgan fingerprint density at radius 2 is 0.430 bits per heavy atom. The Hall–Kier alpha value is -1.94. The van der Waals surface area contributed by atoms with E-state index in [0.29, 0.717) is 25.7 Å². The van der Waals surface area contributed by atoms with Gasteiger partial charge in [-0.2, -0.15) is 0 Å². The number of phosphoric acid groups is 2. The zero-order valence-corrected chi connectivity index (χ0v) is 72.2. The highest BCUT2D eigenvalue weighted by atomic mass is 31.2. The first-order chi connectivity index (χ1) is 51.9. The van der Waals surface area contributed by atoms with Crippen LogP contribution in [0.1, 0.15) is 472 Å². The zero-order valence-electron chi connectivity index (χ0n) is 70.5. The average Bonchev–Trinajstić information content (AvgIpc) is 0.903. The van der Waals surface area contributed by atoms with Crippen molar-refractivity contribution in [3.05, 3.63) is 0 Å². The highest BCUT2D eigenvalue weighted by Crippen LogP contribution is 2.45. The SMILES string of the molecule is CCCCCCCCCCCCCCCCCCC(=O)O[C@H](COC(=O)CCCCCCCCCCCCC)COP(=O)(O)OC[C@H](O)COP(=O)(O)OC[C@@H](COC(=O)CCCCCCCCCCCCCCCCCCC(C)C)OC(=O)CCCCCCCCCCCCCCCCCCCCC(C)C. The summed E-state index contributed by atoms with van der Waals surface area (Å²) in [6, 6.07) is 0. The van der Waals surface area contributed by atoms with Gasteiger partial charge in [-0.05, 0) is 37.5 Å². The molecule has 19 heteroatoms. The number of aliphatic hydroxyl groups is 1. The summed E-state index contributed by atoms with van der Waals surface area (Å²) in [6.45, 7) is 9.75. The van der Waals surface area contributed by atoms with Gasteiger partial charge in [0.2, 0.25) is 0 Å². The van der Waals surface area contributed by atoms with Crippen LogP contribution < -0.4 is 0 Å². The Balaban J connectivity index is 5.24. The number of carbonyl (C=O) groups excluding carboxylic acids is 4. The number of esters is 4. The summed E-state index contributed by atoms with van der Waals surface area (Å²) in [5.41, 5.74) is 0. The standard InChI is InChI=1S/C88H172O17P2/c1-7-9-11-13-15-17-19-20-21-30-36-42-48-54-60-66-72-87(92)104-83(76-98-85(90)70-64-58-52-46-38-18-16-14-12-10-8-2)78-102-106(94,95)100-74-82(89)75-101-107(96,97)103-79-84(77-99-86(91)71-65-59-53-47-41-35-31-27-26-29-34-40-45-51-57-63-69-81(5)6)105-88(93)73-67-61-55-49-43-37-32-25-23-22-24-28-33-39-44-50-56-62-68-80(3)4/h80-84,89H,7-79H2,1-6H3,(H,94,95)(H,96,97)/t82-,83+,84+/m0/s1. The second-order valence-electron chi connectivity index (χ2n) is 32.6. The Bertz CT molecular complexity index is 2050. The van der Waals surface area contributed by atoms with E-state index in [2.05, 4.69) is 41.5 Å². The van der Waals surface area contributed by atoms with Gasteiger partial charge in [0.15, 0.2) is 12.2 Å². The molecule has 3 N–H and O–H groups in total. The van der Waals surface area contributed by atoms with Gasteiger partial charge in [0, 0.05) is 25.7 Å². The van der Waals surface area contributed by atoms with Gasteiger partial charge < -0.3 is 33.8 Å². The summed E-state index contributed by atoms with van der Waals surface area (Å²) in [6.07, 6.45) is 72.1. The van der Waals surface area contributed by atoms with Crippen LogP contribution in [0.25, 0.3) is 0 Å². The van der Waals surface area contributed by atoms with Crippen molar-refractivity contribution in [3.63, 3.8) is 0 Å². The van der Waals surface area contributed by atoms with Crippen molar-refractivity contribution in [2.75, 3.05) is 39.6 Å². The third kappa shape index (κ3) is 81.9. The third-order valence-electron chi connectivity index (χ3n) is 20.7. The van der Waals surface area contributed by atoms with Gasteiger partial charge >= 0.3 is 39.5 Å². The van der Waals surface area contributed by atoms with E-state index < -0.39 is 97.5 Å². The largest absolute Gasteiger partial charge is 0.472 e. The first-order valence-corrected chi connectivity index (χ1v) is 48.5. The molecule has 0 aliphatic heterocycles. The molecule has 0 aromatic rings. The van der Waals surface area contributed by atoms with Gasteiger partial charge in [-0.15, -0.1) is 0 Å². The Kier molecular flexibility index (Phi) is 77.9. The number of aliphatic hydroxyl groups excluding tert-OH is 1. The molecule has 0 amide bonds. The van der Waals surface area contributed by atoms with Crippen LogP contribution in [0.5, 0.6) is 0 Å². The molecule has 0 rings (SSSR count). The first-order valence-electron chi connectivity index (χ1n) is 45.5. The second kappa shape index (κ2) is 79.3. The predicted octanol–water partition coefficient (Wildman–Crippen LogP) is 27.0. The van der Waals surface area contributed by atoms with Gasteiger partial charge in [0.1, 0.15) is 19.3 Å². The molecule has 0 aliphatic rings. The van der Waals surface area contributed by atoms with Crippen molar-refractivity contribution < 1.29 is 80.2 Å². The molecule has 0 saturated carbocycles. The van der Waals surface area contributed by atoms with Crippen LogP contribution in [0.4, 0.5) is 0 Å². The van der Waals surface area contributed by atoms with Crippen molar-refractivity contribution >= 4 is 39.5 Å². The van der Waals surface area contributed by atoms with Gasteiger partial charge in [-0.1, -0.05) is 420 Å². The molecular formula is C88H172O17P2. The Morgan fingerprint density at radius 3 is 0.636 bits per heavy atom. The van der Waals surface area contributed by atoms with Crippen molar-refractivity contribution in [1.29, 1.82) is 0 Å². The van der Waals surface area contributed by atoms with E-state index >= 15 is 0 Å². The minimum atomic E-state index is -4.97. The molecule has 0 radical (unpaired) electrons. The Labute approximate surface area is 658 Å². The number of carbonyl (C=O) groups is 4. The fraction of sp³-hybridized carbons (Fsp3) is 0.955. The molecule has 0 heterocycles. The molecule has 0 aromatic carbocycles. The topological polar surface area (TPSA) is 237 Å². The van der Waals surface area contributed by atoms with Crippen LogP contribution in [-0.4, -0.2) is 96.7 Å². The van der Waals surface area contributed by atoms with E-state index in [1.807, 2.05) is 0 Å². The third-order valence-corrected chi connectivity index (χ3v) is 22.6. The van der Waals surface area contributed by atoms with Crippen molar-refractivity contribution in [3.8, 4) is 0 Å². The molecule has 0 bridgehead atoms. The molecule has 107 heavy (non-hydrogen) atoms. The van der Waals surface area contributed by atoms with E-state index in [0.717, 1.165) is 102 Å². The van der Waals surface area contributed by atoms with E-state index in [1.54, 1.807) is 0 Å². The van der Waals surface area contributed by atoms with Crippen molar-refractivity contribution in [2.45, 2.75) is 490 Å². The summed E-state index contributed by atoms with van der Waals surface area (Å²) in [5, 5.41) is 10.7. The van der Waals surface area contributed by atoms with Crippen LogP contribution in [0.2, 0.25) is 0 Å². The molecule has 5 atom stereocenters. The average molecular weight is 1560 g/mol. The van der Waals surface area contributed by atoms with Crippen LogP contribution in [0.3, 0.4) is 0 Å². The molecule has 636 valence electrons. The monoisotopic (exact) mass is 1560 g/mol. The minimum Gasteiger partial charge on any atom is -0.462 e. The lowest BCUT2D eigenvalue weighted by Gasteiger charge is -2.21. The van der Waals surface area contributed by atoms with E-state index in [9.17, 15) is 43.2 Å². The molecule has 0 fully saturated rings. The molecule has 0 aromatic heterocycles. The number of hydrogen-bond acceptors (Lipinski definition) is 15. The summed E-state index contributed by atoms with van der Waals surface area (Å²) < 4.78 is 69.0. The summed E-state index contributed by atoms with van der Waals surface area (Å²) in [5.74, 6) is -0.465. The minimum absolute atomic E-state index is 0.109. The van der Waals surface area contributed by atoms with Gasteiger partial charge in [-0.3, -0.25) is 37.3 Å². The van der Waals surface area contributed by atoms with E-state index in [1.165, 1.54) is 289 Å². The smallest absolute Gasteiger partial charge is 0.462 e. The molecule has 17 nitrogen and oxygen atoms in total. The number of hydrogen-bond donors (Lipinski definition) is 3. The van der Waals surface area contributed by atoms with E-state index in [-0.39, 0.29) is 25.7 Å². The van der Waals surface area contributed by atoms with Crippen LogP contribution in [-0.2, 0) is 65.4 Å². The summed E-state index contributed by atoms with van der Waals surface area (Å²) in [4.78, 5) is 73.3. The van der Waals surface area contributed by atoms with Crippen LogP contribution in [0.15, 0.2) is 0 Å². The summed E-state index contributed by atoms with van der Waals surface area (Å²) >= 11 is 0. The normalized spacial score (nSPS) is 13.8. The second-order valence-corrected chi connectivity index (χ2v) is 35.5. The lowest BCUT2D eigenvalue weighted by Crippen LogP contribution is -2.30. The number of phosphoric ester groups is 2. The first kappa shape index (κ1) is 105. The number of rotatable bonds is 87. The summed E-state index contributed by atoms with van der Waals surface area (Å²) in [7, 11) is -9.93. The fourth-order valence-corrected chi connectivity index (χ4v) is 15.4. The maximum Gasteiger partial charge on any atom is 0.472 e. The predicted molar refractivity (Wildman–Crippen MR) is 442 cm³/mol. The van der Waals surface area contributed by atoms with Crippen LogP contribution in [0, 0.1) is 11.8 Å². The van der Waals surface area contributed by atoms with Crippen LogP contribution >= 0.6 is 15.6 Å². The lowest BCUT2D eigenvalue weighted by molar-refractivity contribution is -0.161. The van der Waals surface area contributed by atoms with Gasteiger partial charge in [0.25, 0.3) is 0 Å². The van der Waals surface area contributed by atoms with E-state index in [4.69, 9.17) is 37.0 Å². The molecular weight excluding hydrogens is 1390 g/mol.